The van der Waals surface area contributed by atoms with Gasteiger partial charge >= 0.3 is 0 Å². The summed E-state index contributed by atoms with van der Waals surface area (Å²) in [5, 5.41) is 8.64. The van der Waals surface area contributed by atoms with E-state index in [4.69, 9.17) is 5.11 Å². The second kappa shape index (κ2) is 7.02. The molecule has 0 aromatic rings. The Balaban J connectivity index is 2.27. The summed E-state index contributed by atoms with van der Waals surface area (Å²) in [6.45, 7) is 0.821. The number of alkyl halides is 2. The average molecular weight is 263 g/mol. The van der Waals surface area contributed by atoms with Gasteiger partial charge in [-0.25, -0.2) is 8.78 Å². The smallest absolute Gasteiger partial charge is 0.248 e. The Hall–Kier alpha value is -0.710. The third-order valence-electron chi connectivity index (χ3n) is 3.59. The zero-order valence-corrected chi connectivity index (χ0v) is 11.0. The van der Waals surface area contributed by atoms with E-state index in [1.54, 1.807) is 11.9 Å². The number of hydrogen-bond acceptors (Lipinski definition) is 2. The molecule has 0 unspecified atom stereocenters. The number of hydrogen-bond donors (Lipinski definition) is 1. The minimum atomic E-state index is -2.57. The first-order chi connectivity index (χ1) is 8.46. The lowest BCUT2D eigenvalue weighted by Crippen LogP contribution is -2.37. The molecule has 5 heteroatoms. The van der Waals surface area contributed by atoms with Crippen LogP contribution in [0, 0.1) is 5.92 Å². The van der Waals surface area contributed by atoms with E-state index in [9.17, 15) is 13.6 Å². The lowest BCUT2D eigenvalue weighted by molar-refractivity contribution is -0.138. The van der Waals surface area contributed by atoms with Crippen LogP contribution in [0.5, 0.6) is 0 Å². The molecule has 0 aromatic carbocycles. The Morgan fingerprint density at radius 3 is 2.44 bits per heavy atom. The number of aliphatic hydroxyl groups is 1. The molecule has 1 saturated carbocycles. The molecule has 1 N–H and O–H groups in total. The van der Waals surface area contributed by atoms with Crippen molar-refractivity contribution in [3.05, 3.63) is 0 Å². The molecule has 0 saturated heterocycles. The molecule has 0 bridgehead atoms. The Labute approximate surface area is 107 Å². The Morgan fingerprint density at radius 1 is 1.28 bits per heavy atom. The Bertz CT molecular complexity index is 262. The van der Waals surface area contributed by atoms with E-state index in [-0.39, 0.29) is 31.3 Å². The normalized spacial score (nSPS) is 19.8. The van der Waals surface area contributed by atoms with Crippen LogP contribution in [0.25, 0.3) is 0 Å². The maximum atomic E-state index is 13.0. The van der Waals surface area contributed by atoms with Gasteiger partial charge in [-0.15, -0.1) is 0 Å². The summed E-state index contributed by atoms with van der Waals surface area (Å²) in [4.78, 5) is 13.6. The molecule has 1 fully saturated rings. The van der Waals surface area contributed by atoms with E-state index >= 15 is 0 Å². The first kappa shape index (κ1) is 15.3. The molecular formula is C13H23F2NO2. The Morgan fingerprint density at radius 2 is 1.89 bits per heavy atom. The molecule has 3 nitrogen and oxygen atoms in total. The molecular weight excluding hydrogens is 240 g/mol. The fourth-order valence-electron chi connectivity index (χ4n) is 2.35. The number of carbonyl (C=O) groups excluding carboxylic acids is 1. The standard InChI is InChI=1S/C13H23F2NO2/c1-16(9-3-2-4-10-17)12(18)11-5-7-13(14,15)8-6-11/h11,17H,2-10H2,1H3. The summed E-state index contributed by atoms with van der Waals surface area (Å²) in [5.74, 6) is -2.81. The highest BCUT2D eigenvalue weighted by Crippen LogP contribution is 2.36. The van der Waals surface area contributed by atoms with Gasteiger partial charge in [0.2, 0.25) is 11.8 Å². The summed E-state index contributed by atoms with van der Waals surface area (Å²) >= 11 is 0. The van der Waals surface area contributed by atoms with Crippen LogP contribution in [-0.2, 0) is 4.79 Å². The minimum Gasteiger partial charge on any atom is -0.396 e. The lowest BCUT2D eigenvalue weighted by atomic mass is 9.86. The maximum Gasteiger partial charge on any atom is 0.248 e. The third-order valence-corrected chi connectivity index (χ3v) is 3.59. The number of rotatable bonds is 6. The molecule has 1 aliphatic rings. The summed E-state index contributed by atoms with van der Waals surface area (Å²) < 4.78 is 26.0. The molecule has 0 aliphatic heterocycles. The molecule has 0 spiro atoms. The number of aliphatic hydroxyl groups excluding tert-OH is 1. The number of carbonyl (C=O) groups is 1. The molecule has 0 atom stereocenters. The van der Waals surface area contributed by atoms with Crippen LogP contribution in [0.15, 0.2) is 0 Å². The fraction of sp³-hybridized carbons (Fsp3) is 0.923. The monoisotopic (exact) mass is 263 g/mol. The van der Waals surface area contributed by atoms with E-state index in [1.165, 1.54) is 0 Å². The molecule has 0 heterocycles. The van der Waals surface area contributed by atoms with Crippen LogP contribution in [0.1, 0.15) is 44.9 Å². The first-order valence-electron chi connectivity index (χ1n) is 6.70. The Kier molecular flexibility index (Phi) is 5.99. The van der Waals surface area contributed by atoms with Gasteiger partial charge in [-0.3, -0.25) is 4.79 Å². The van der Waals surface area contributed by atoms with E-state index in [0.29, 0.717) is 19.4 Å². The van der Waals surface area contributed by atoms with Crippen molar-refractivity contribution in [1.29, 1.82) is 0 Å². The first-order valence-corrected chi connectivity index (χ1v) is 6.70. The van der Waals surface area contributed by atoms with Gasteiger partial charge in [0.25, 0.3) is 0 Å². The second-order valence-corrected chi connectivity index (χ2v) is 5.17. The van der Waals surface area contributed by atoms with Crippen molar-refractivity contribution in [3.8, 4) is 0 Å². The summed E-state index contributed by atoms with van der Waals surface area (Å²) in [5.41, 5.74) is 0. The van der Waals surface area contributed by atoms with Crippen molar-refractivity contribution in [2.24, 2.45) is 5.92 Å². The van der Waals surface area contributed by atoms with Crippen molar-refractivity contribution in [2.75, 3.05) is 20.2 Å². The van der Waals surface area contributed by atoms with Crippen molar-refractivity contribution in [2.45, 2.75) is 50.9 Å². The van der Waals surface area contributed by atoms with Gasteiger partial charge in [0.15, 0.2) is 0 Å². The zero-order chi connectivity index (χ0) is 13.6. The third kappa shape index (κ3) is 4.88. The summed E-state index contributed by atoms with van der Waals surface area (Å²) in [6, 6.07) is 0. The quantitative estimate of drug-likeness (QED) is 0.748. The van der Waals surface area contributed by atoms with Crippen LogP contribution in [0.3, 0.4) is 0 Å². The van der Waals surface area contributed by atoms with Crippen molar-refractivity contribution in [1.82, 2.24) is 4.90 Å². The maximum absolute atomic E-state index is 13.0. The zero-order valence-electron chi connectivity index (χ0n) is 11.0. The van der Waals surface area contributed by atoms with E-state index < -0.39 is 5.92 Å². The number of unbranched alkanes of at least 4 members (excludes halogenated alkanes) is 2. The van der Waals surface area contributed by atoms with Gasteiger partial charge in [0, 0.05) is 39.0 Å². The second-order valence-electron chi connectivity index (χ2n) is 5.17. The molecule has 0 radical (unpaired) electrons. The topological polar surface area (TPSA) is 40.5 Å². The van der Waals surface area contributed by atoms with E-state index in [0.717, 1.165) is 19.3 Å². The highest BCUT2D eigenvalue weighted by molar-refractivity contribution is 5.78. The van der Waals surface area contributed by atoms with Crippen LogP contribution in [0.2, 0.25) is 0 Å². The van der Waals surface area contributed by atoms with Crippen LogP contribution < -0.4 is 0 Å². The highest BCUT2D eigenvalue weighted by Gasteiger charge is 2.37. The van der Waals surface area contributed by atoms with Gasteiger partial charge in [-0.05, 0) is 32.1 Å². The van der Waals surface area contributed by atoms with Crippen LogP contribution >= 0.6 is 0 Å². The van der Waals surface area contributed by atoms with Crippen LogP contribution in [-0.4, -0.2) is 42.0 Å². The predicted octanol–water partition coefficient (Wildman–Crippen LogP) is 2.43. The molecule has 1 aliphatic carbocycles. The van der Waals surface area contributed by atoms with Gasteiger partial charge in [-0.2, -0.15) is 0 Å². The molecule has 106 valence electrons. The van der Waals surface area contributed by atoms with Gasteiger partial charge in [0.1, 0.15) is 0 Å². The SMILES string of the molecule is CN(CCCCCO)C(=O)C1CCC(F)(F)CC1. The fourth-order valence-corrected chi connectivity index (χ4v) is 2.35. The largest absolute Gasteiger partial charge is 0.396 e. The van der Waals surface area contributed by atoms with Crippen molar-refractivity contribution < 1.29 is 18.7 Å². The highest BCUT2D eigenvalue weighted by atomic mass is 19.3. The lowest BCUT2D eigenvalue weighted by Gasteiger charge is -2.30. The predicted molar refractivity (Wildman–Crippen MR) is 65.5 cm³/mol. The van der Waals surface area contributed by atoms with Crippen LogP contribution in [0.4, 0.5) is 8.78 Å². The number of amides is 1. The molecule has 1 amide bonds. The number of halogens is 2. The van der Waals surface area contributed by atoms with Crippen molar-refractivity contribution >= 4 is 5.91 Å². The van der Waals surface area contributed by atoms with E-state index in [2.05, 4.69) is 0 Å². The molecule has 1 rings (SSSR count). The van der Waals surface area contributed by atoms with E-state index in [1.807, 2.05) is 0 Å². The van der Waals surface area contributed by atoms with Crippen molar-refractivity contribution in [3.63, 3.8) is 0 Å². The summed E-state index contributed by atoms with van der Waals surface area (Å²) in [7, 11) is 1.73. The minimum absolute atomic E-state index is 0.00509. The van der Waals surface area contributed by atoms with Gasteiger partial charge in [-0.1, -0.05) is 0 Å². The average Bonchev–Trinajstić information content (AvgIpc) is 2.33. The molecule has 18 heavy (non-hydrogen) atoms. The van der Waals surface area contributed by atoms with Gasteiger partial charge < -0.3 is 10.0 Å². The summed E-state index contributed by atoms with van der Waals surface area (Å²) in [6.07, 6.45) is 2.75. The molecule has 0 aromatic heterocycles. The van der Waals surface area contributed by atoms with Gasteiger partial charge in [0.05, 0.1) is 0 Å². The number of nitrogens with zero attached hydrogens (tertiary/aromatic N) is 1.